The molecule has 2 heterocycles. The Balaban J connectivity index is 1.79. The third kappa shape index (κ3) is 2.76. The molecule has 22 heavy (non-hydrogen) atoms. The standard InChI is InChI=1S/C17H18FNO3/c1-11-13(4-2-5-14(11)18)16-8-7-12(22-16)10-19-9-3-6-15(19)17(20)21/h2,4-5,7-8,15H,3,6,9-10H2,1H3,(H,20,21)/t15-/m0/s1. The van der Waals surface area contributed by atoms with E-state index in [1.165, 1.54) is 6.07 Å². The molecule has 0 spiro atoms. The minimum Gasteiger partial charge on any atom is -0.480 e. The predicted molar refractivity (Wildman–Crippen MR) is 79.9 cm³/mol. The summed E-state index contributed by atoms with van der Waals surface area (Å²) in [4.78, 5) is 13.1. The Morgan fingerprint density at radius 2 is 2.23 bits per heavy atom. The molecular weight excluding hydrogens is 285 g/mol. The summed E-state index contributed by atoms with van der Waals surface area (Å²) in [6, 6.07) is 8.09. The number of likely N-dealkylation sites (tertiary alicyclic amines) is 1. The topological polar surface area (TPSA) is 53.7 Å². The van der Waals surface area contributed by atoms with Crippen molar-refractivity contribution < 1.29 is 18.7 Å². The third-order valence-corrected chi connectivity index (χ3v) is 4.20. The van der Waals surface area contributed by atoms with E-state index in [1.807, 2.05) is 23.1 Å². The molecule has 0 unspecified atom stereocenters. The maximum Gasteiger partial charge on any atom is 0.320 e. The number of halogens is 1. The summed E-state index contributed by atoms with van der Waals surface area (Å²) < 4.78 is 19.4. The molecule has 2 aromatic rings. The second-order valence-electron chi connectivity index (χ2n) is 5.65. The van der Waals surface area contributed by atoms with Gasteiger partial charge in [0.05, 0.1) is 6.54 Å². The number of hydrogen-bond acceptors (Lipinski definition) is 3. The molecule has 0 bridgehead atoms. The Kier molecular flexibility index (Phi) is 3.98. The number of nitrogens with zero attached hydrogens (tertiary/aromatic N) is 1. The van der Waals surface area contributed by atoms with Gasteiger partial charge in [-0.15, -0.1) is 0 Å². The molecule has 0 saturated carbocycles. The van der Waals surface area contributed by atoms with Gasteiger partial charge in [0.25, 0.3) is 0 Å². The summed E-state index contributed by atoms with van der Waals surface area (Å²) in [5.74, 6) is 0.260. The van der Waals surface area contributed by atoms with Crippen molar-refractivity contribution >= 4 is 5.97 Å². The Hall–Kier alpha value is -2.14. The molecule has 1 fully saturated rings. The number of carbonyl (C=O) groups is 1. The van der Waals surface area contributed by atoms with E-state index in [0.29, 0.717) is 30.0 Å². The lowest BCUT2D eigenvalue weighted by atomic mass is 10.1. The van der Waals surface area contributed by atoms with Crippen molar-refractivity contribution in [1.29, 1.82) is 0 Å². The van der Waals surface area contributed by atoms with Gasteiger partial charge in [0.1, 0.15) is 23.4 Å². The SMILES string of the molecule is Cc1c(F)cccc1-c1ccc(CN2CCC[C@H]2C(=O)O)o1. The van der Waals surface area contributed by atoms with E-state index in [1.54, 1.807) is 13.0 Å². The molecule has 116 valence electrons. The highest BCUT2D eigenvalue weighted by atomic mass is 19.1. The predicted octanol–water partition coefficient (Wildman–Crippen LogP) is 3.44. The second kappa shape index (κ2) is 5.93. The number of rotatable bonds is 4. The van der Waals surface area contributed by atoms with E-state index in [4.69, 9.17) is 4.42 Å². The van der Waals surface area contributed by atoms with Crippen LogP contribution in [0.25, 0.3) is 11.3 Å². The molecule has 0 aliphatic carbocycles. The van der Waals surface area contributed by atoms with Crippen LogP contribution in [0.4, 0.5) is 4.39 Å². The van der Waals surface area contributed by atoms with Crippen molar-refractivity contribution in [2.75, 3.05) is 6.54 Å². The first-order chi connectivity index (χ1) is 10.6. The number of hydrogen-bond donors (Lipinski definition) is 1. The van der Waals surface area contributed by atoms with E-state index in [9.17, 15) is 14.3 Å². The van der Waals surface area contributed by atoms with Crippen molar-refractivity contribution in [3.63, 3.8) is 0 Å². The highest BCUT2D eigenvalue weighted by Gasteiger charge is 2.30. The van der Waals surface area contributed by atoms with Crippen LogP contribution in [-0.4, -0.2) is 28.6 Å². The van der Waals surface area contributed by atoms with Crippen LogP contribution in [0.5, 0.6) is 0 Å². The highest BCUT2D eigenvalue weighted by molar-refractivity contribution is 5.73. The van der Waals surface area contributed by atoms with Crippen molar-refractivity contribution in [3.8, 4) is 11.3 Å². The Morgan fingerprint density at radius 3 is 3.00 bits per heavy atom. The first-order valence-electron chi connectivity index (χ1n) is 7.37. The van der Waals surface area contributed by atoms with Crippen LogP contribution in [0.1, 0.15) is 24.2 Å². The zero-order valence-electron chi connectivity index (χ0n) is 12.4. The number of aliphatic carboxylic acids is 1. The quantitative estimate of drug-likeness (QED) is 0.940. The first kappa shape index (κ1) is 14.8. The summed E-state index contributed by atoms with van der Waals surface area (Å²) >= 11 is 0. The number of furan rings is 1. The van der Waals surface area contributed by atoms with E-state index in [2.05, 4.69) is 0 Å². The van der Waals surface area contributed by atoms with Crippen LogP contribution >= 0.6 is 0 Å². The molecule has 4 nitrogen and oxygen atoms in total. The molecule has 1 saturated heterocycles. The van der Waals surface area contributed by atoms with E-state index < -0.39 is 12.0 Å². The maximum absolute atomic E-state index is 13.6. The molecule has 1 aromatic carbocycles. The van der Waals surface area contributed by atoms with E-state index >= 15 is 0 Å². The smallest absolute Gasteiger partial charge is 0.320 e. The largest absolute Gasteiger partial charge is 0.480 e. The minimum absolute atomic E-state index is 0.263. The highest BCUT2D eigenvalue weighted by Crippen LogP contribution is 2.28. The van der Waals surface area contributed by atoms with Crippen molar-refractivity contribution in [3.05, 3.63) is 47.5 Å². The van der Waals surface area contributed by atoms with Crippen LogP contribution < -0.4 is 0 Å². The summed E-state index contributed by atoms with van der Waals surface area (Å²) in [5.41, 5.74) is 1.27. The van der Waals surface area contributed by atoms with Crippen LogP contribution in [-0.2, 0) is 11.3 Å². The van der Waals surface area contributed by atoms with Gasteiger partial charge in [0.15, 0.2) is 0 Å². The fourth-order valence-electron chi connectivity index (χ4n) is 2.98. The minimum atomic E-state index is -0.787. The number of carboxylic acid groups (broad SMARTS) is 1. The van der Waals surface area contributed by atoms with Gasteiger partial charge in [-0.25, -0.2) is 4.39 Å². The van der Waals surface area contributed by atoms with Crippen molar-refractivity contribution in [2.45, 2.75) is 32.4 Å². The monoisotopic (exact) mass is 303 g/mol. The van der Waals surface area contributed by atoms with Crippen LogP contribution in [0.15, 0.2) is 34.7 Å². The van der Waals surface area contributed by atoms with Crippen molar-refractivity contribution in [1.82, 2.24) is 4.90 Å². The number of carboxylic acids is 1. The molecular formula is C17H18FNO3. The maximum atomic E-state index is 13.6. The fraction of sp³-hybridized carbons (Fsp3) is 0.353. The van der Waals surface area contributed by atoms with Crippen molar-refractivity contribution in [2.24, 2.45) is 0 Å². The van der Waals surface area contributed by atoms with Gasteiger partial charge in [-0.05, 0) is 50.1 Å². The molecule has 1 aliphatic heterocycles. The molecule has 1 atom stereocenters. The zero-order chi connectivity index (χ0) is 15.7. The Morgan fingerprint density at radius 1 is 1.41 bits per heavy atom. The first-order valence-corrected chi connectivity index (χ1v) is 7.37. The lowest BCUT2D eigenvalue weighted by molar-refractivity contribution is -0.142. The molecule has 0 amide bonds. The molecule has 3 rings (SSSR count). The number of benzene rings is 1. The lowest BCUT2D eigenvalue weighted by Crippen LogP contribution is -2.35. The summed E-state index contributed by atoms with van der Waals surface area (Å²) in [6.07, 6.45) is 1.56. The molecule has 0 radical (unpaired) electrons. The van der Waals surface area contributed by atoms with Gasteiger partial charge in [0.2, 0.25) is 0 Å². The van der Waals surface area contributed by atoms with E-state index in [-0.39, 0.29) is 5.82 Å². The summed E-state index contributed by atoms with van der Waals surface area (Å²) in [7, 11) is 0. The normalized spacial score (nSPS) is 18.7. The van der Waals surface area contributed by atoms with Crippen LogP contribution in [0.2, 0.25) is 0 Å². The summed E-state index contributed by atoms with van der Waals surface area (Å²) in [5, 5.41) is 9.20. The molecule has 1 aromatic heterocycles. The fourth-order valence-corrected chi connectivity index (χ4v) is 2.98. The average Bonchev–Trinajstić information content (AvgIpc) is 3.12. The second-order valence-corrected chi connectivity index (χ2v) is 5.65. The molecule has 1 aliphatic rings. The van der Waals surface area contributed by atoms with Crippen LogP contribution in [0, 0.1) is 12.7 Å². The van der Waals surface area contributed by atoms with E-state index in [0.717, 1.165) is 18.5 Å². The Labute approximate surface area is 128 Å². The van der Waals surface area contributed by atoms with Gasteiger partial charge in [-0.3, -0.25) is 9.69 Å². The summed E-state index contributed by atoms with van der Waals surface area (Å²) in [6.45, 7) is 2.94. The van der Waals surface area contributed by atoms with Gasteiger partial charge >= 0.3 is 5.97 Å². The molecule has 1 N–H and O–H groups in total. The Bertz CT molecular complexity index is 695. The van der Waals surface area contributed by atoms with Crippen LogP contribution in [0.3, 0.4) is 0 Å². The average molecular weight is 303 g/mol. The third-order valence-electron chi connectivity index (χ3n) is 4.20. The lowest BCUT2D eigenvalue weighted by Gasteiger charge is -2.19. The molecule has 5 heteroatoms. The van der Waals surface area contributed by atoms with Gasteiger partial charge in [0, 0.05) is 5.56 Å². The van der Waals surface area contributed by atoms with Gasteiger partial charge < -0.3 is 9.52 Å². The zero-order valence-corrected chi connectivity index (χ0v) is 12.4. The van der Waals surface area contributed by atoms with Gasteiger partial charge in [-0.2, -0.15) is 0 Å². The van der Waals surface area contributed by atoms with Gasteiger partial charge in [-0.1, -0.05) is 12.1 Å².